The van der Waals surface area contributed by atoms with Crippen LogP contribution in [-0.2, 0) is 9.53 Å². The van der Waals surface area contributed by atoms with Gasteiger partial charge in [0.2, 0.25) is 5.91 Å². The zero-order valence-corrected chi connectivity index (χ0v) is 12.0. The number of amides is 1. The molecule has 2 heterocycles. The third-order valence-electron chi connectivity index (χ3n) is 7.18. The quantitative estimate of drug-likeness (QED) is 0.787. The standard InChI is InChI=1S/C16H23NO3/c1-17-15(19)11-9-7-10-12(11)16(17,20-14(10)13(9)18)8-5-3-2-4-6-8/h8-14,18H,2-7H2,1H3. The van der Waals surface area contributed by atoms with E-state index in [1.54, 1.807) is 0 Å². The molecule has 0 aromatic heterocycles. The van der Waals surface area contributed by atoms with Crippen molar-refractivity contribution in [3.8, 4) is 0 Å². The number of likely N-dealkylation sites (tertiary alicyclic amines) is 1. The molecule has 110 valence electrons. The maximum Gasteiger partial charge on any atom is 0.228 e. The highest BCUT2D eigenvalue weighted by atomic mass is 16.6. The van der Waals surface area contributed by atoms with E-state index >= 15 is 0 Å². The summed E-state index contributed by atoms with van der Waals surface area (Å²) < 4.78 is 6.51. The van der Waals surface area contributed by atoms with E-state index in [1.165, 1.54) is 32.1 Å². The van der Waals surface area contributed by atoms with E-state index in [2.05, 4.69) is 0 Å². The summed E-state index contributed by atoms with van der Waals surface area (Å²) in [6.45, 7) is 0. The van der Waals surface area contributed by atoms with Crippen LogP contribution in [0, 0.1) is 29.6 Å². The maximum absolute atomic E-state index is 12.7. The molecule has 4 nitrogen and oxygen atoms in total. The monoisotopic (exact) mass is 277 g/mol. The Morgan fingerprint density at radius 2 is 2.00 bits per heavy atom. The third kappa shape index (κ3) is 1.06. The molecule has 20 heavy (non-hydrogen) atoms. The molecule has 5 aliphatic rings. The fourth-order valence-electron chi connectivity index (χ4n) is 6.54. The molecule has 2 bridgehead atoms. The van der Waals surface area contributed by atoms with Crippen molar-refractivity contribution in [2.45, 2.75) is 56.5 Å². The first-order chi connectivity index (χ1) is 9.66. The number of hydrogen-bond donors (Lipinski definition) is 1. The van der Waals surface area contributed by atoms with Crippen LogP contribution in [0.25, 0.3) is 0 Å². The highest BCUT2D eigenvalue weighted by molar-refractivity contribution is 5.84. The minimum absolute atomic E-state index is 0.00118. The van der Waals surface area contributed by atoms with E-state index in [0.29, 0.717) is 17.8 Å². The average Bonchev–Trinajstić information content (AvgIpc) is 3.12. The molecule has 0 aromatic rings. The van der Waals surface area contributed by atoms with E-state index < -0.39 is 6.10 Å². The van der Waals surface area contributed by atoms with E-state index in [9.17, 15) is 9.90 Å². The minimum Gasteiger partial charge on any atom is -0.390 e. The predicted octanol–water partition coefficient (Wildman–Crippen LogP) is 1.38. The third-order valence-corrected chi connectivity index (χ3v) is 7.18. The van der Waals surface area contributed by atoms with Crippen LogP contribution in [0.4, 0.5) is 0 Å². The summed E-state index contributed by atoms with van der Waals surface area (Å²) in [6, 6.07) is 0. The molecule has 0 aromatic carbocycles. The second-order valence-corrected chi connectivity index (χ2v) is 7.67. The number of aliphatic hydroxyl groups is 1. The number of ether oxygens (including phenoxy) is 1. The molecule has 3 saturated carbocycles. The van der Waals surface area contributed by atoms with Crippen molar-refractivity contribution in [3.63, 3.8) is 0 Å². The van der Waals surface area contributed by atoms with Crippen LogP contribution in [0.3, 0.4) is 0 Å². The lowest BCUT2D eigenvalue weighted by molar-refractivity contribution is -0.195. The first-order valence-corrected chi connectivity index (χ1v) is 8.30. The number of carbonyl (C=O) groups excluding carboxylic acids is 1. The highest BCUT2D eigenvalue weighted by Gasteiger charge is 2.78. The zero-order chi connectivity index (χ0) is 13.6. The number of hydrogen-bond acceptors (Lipinski definition) is 3. The lowest BCUT2D eigenvalue weighted by Crippen LogP contribution is -2.54. The molecule has 1 amide bonds. The van der Waals surface area contributed by atoms with Gasteiger partial charge in [0.05, 0.1) is 18.1 Å². The van der Waals surface area contributed by atoms with Crippen molar-refractivity contribution in [1.82, 2.24) is 4.90 Å². The van der Waals surface area contributed by atoms with Crippen LogP contribution in [0.1, 0.15) is 38.5 Å². The van der Waals surface area contributed by atoms with E-state index in [4.69, 9.17) is 4.74 Å². The first-order valence-electron chi connectivity index (χ1n) is 8.30. The predicted molar refractivity (Wildman–Crippen MR) is 71.5 cm³/mol. The zero-order valence-electron chi connectivity index (χ0n) is 12.0. The SMILES string of the molecule is CN1C(=O)C2C3CC4C(OC1(C1CCCCC1)C42)C3O. The Bertz CT molecular complexity index is 474. The molecule has 2 aliphatic heterocycles. The molecule has 0 spiro atoms. The Labute approximate surface area is 119 Å². The summed E-state index contributed by atoms with van der Waals surface area (Å²) in [5.74, 6) is 1.72. The van der Waals surface area contributed by atoms with Gasteiger partial charge in [-0.2, -0.15) is 0 Å². The number of carbonyl (C=O) groups is 1. The molecule has 1 N–H and O–H groups in total. The molecular formula is C16H23NO3. The number of rotatable bonds is 1. The number of aliphatic hydroxyl groups excluding tert-OH is 1. The van der Waals surface area contributed by atoms with Gasteiger partial charge in [0, 0.05) is 18.9 Å². The summed E-state index contributed by atoms with van der Waals surface area (Å²) in [4.78, 5) is 14.7. The summed E-state index contributed by atoms with van der Waals surface area (Å²) in [7, 11) is 1.95. The second-order valence-electron chi connectivity index (χ2n) is 7.67. The smallest absolute Gasteiger partial charge is 0.228 e. The van der Waals surface area contributed by atoms with Crippen molar-refractivity contribution in [2.75, 3.05) is 7.05 Å². The van der Waals surface area contributed by atoms with Crippen molar-refractivity contribution < 1.29 is 14.6 Å². The molecule has 7 atom stereocenters. The summed E-state index contributed by atoms with van der Waals surface area (Å²) >= 11 is 0. The van der Waals surface area contributed by atoms with Gasteiger partial charge in [-0.3, -0.25) is 4.79 Å². The molecule has 3 aliphatic carbocycles. The van der Waals surface area contributed by atoms with Crippen molar-refractivity contribution in [3.05, 3.63) is 0 Å². The number of fused-ring (bicyclic) bond motifs is 2. The highest BCUT2D eigenvalue weighted by Crippen LogP contribution is 2.69. The molecular weight excluding hydrogens is 254 g/mol. The van der Waals surface area contributed by atoms with E-state index in [0.717, 1.165) is 6.42 Å². The Balaban J connectivity index is 1.63. The van der Waals surface area contributed by atoms with Crippen LogP contribution in [0.2, 0.25) is 0 Å². The van der Waals surface area contributed by atoms with Crippen molar-refractivity contribution in [2.24, 2.45) is 29.6 Å². The van der Waals surface area contributed by atoms with Gasteiger partial charge in [-0.05, 0) is 31.1 Å². The fourth-order valence-corrected chi connectivity index (χ4v) is 6.54. The summed E-state index contributed by atoms with van der Waals surface area (Å²) in [5, 5.41) is 10.4. The van der Waals surface area contributed by atoms with Crippen LogP contribution in [0.5, 0.6) is 0 Å². The van der Waals surface area contributed by atoms with Gasteiger partial charge < -0.3 is 14.7 Å². The molecule has 7 unspecified atom stereocenters. The number of nitrogens with zero attached hydrogens (tertiary/aromatic N) is 1. The molecule has 5 fully saturated rings. The summed E-state index contributed by atoms with van der Waals surface area (Å²) in [5.41, 5.74) is -0.371. The van der Waals surface area contributed by atoms with Crippen molar-refractivity contribution >= 4 is 5.91 Å². The van der Waals surface area contributed by atoms with Gasteiger partial charge in [-0.25, -0.2) is 0 Å². The normalized spacial score (nSPS) is 57.1. The first kappa shape index (κ1) is 12.0. The molecule has 2 saturated heterocycles. The Morgan fingerprint density at radius 1 is 1.25 bits per heavy atom. The van der Waals surface area contributed by atoms with Gasteiger partial charge in [0.15, 0.2) is 0 Å². The van der Waals surface area contributed by atoms with E-state index in [1.807, 2.05) is 11.9 Å². The Morgan fingerprint density at radius 3 is 2.75 bits per heavy atom. The second kappa shape index (κ2) is 3.58. The van der Waals surface area contributed by atoms with Crippen molar-refractivity contribution in [1.29, 1.82) is 0 Å². The average molecular weight is 277 g/mol. The largest absolute Gasteiger partial charge is 0.390 e. The van der Waals surface area contributed by atoms with E-state index in [-0.39, 0.29) is 29.6 Å². The Kier molecular flexibility index (Phi) is 2.15. The van der Waals surface area contributed by atoms with Gasteiger partial charge in [0.1, 0.15) is 5.72 Å². The van der Waals surface area contributed by atoms with Gasteiger partial charge in [-0.1, -0.05) is 19.3 Å². The van der Waals surface area contributed by atoms with Crippen LogP contribution in [-0.4, -0.2) is 40.9 Å². The van der Waals surface area contributed by atoms with Gasteiger partial charge in [-0.15, -0.1) is 0 Å². The lowest BCUT2D eigenvalue weighted by atomic mass is 9.70. The van der Waals surface area contributed by atoms with Gasteiger partial charge >= 0.3 is 0 Å². The van der Waals surface area contributed by atoms with Gasteiger partial charge in [0.25, 0.3) is 0 Å². The maximum atomic E-state index is 12.7. The topological polar surface area (TPSA) is 49.8 Å². The molecule has 5 rings (SSSR count). The summed E-state index contributed by atoms with van der Waals surface area (Å²) in [6.07, 6.45) is 6.81. The van der Waals surface area contributed by atoms with Crippen LogP contribution < -0.4 is 0 Å². The van der Waals surface area contributed by atoms with Crippen LogP contribution >= 0.6 is 0 Å². The Hall–Kier alpha value is -0.610. The molecule has 4 heteroatoms. The molecule has 0 radical (unpaired) electrons. The minimum atomic E-state index is -0.399. The van der Waals surface area contributed by atoms with Crippen LogP contribution in [0.15, 0.2) is 0 Å². The lowest BCUT2D eigenvalue weighted by Gasteiger charge is -2.44. The fraction of sp³-hybridized carbons (Fsp3) is 0.938.